The quantitative estimate of drug-likeness (QED) is 0.905. The molecule has 1 amide bonds. The van der Waals surface area contributed by atoms with Crippen molar-refractivity contribution in [2.75, 3.05) is 17.7 Å². The Morgan fingerprint density at radius 1 is 1.37 bits per heavy atom. The van der Waals surface area contributed by atoms with E-state index in [1.165, 1.54) is 0 Å². The van der Waals surface area contributed by atoms with Gasteiger partial charge in [0, 0.05) is 24.5 Å². The fourth-order valence-electron chi connectivity index (χ4n) is 1.59. The molecule has 0 radical (unpaired) electrons. The summed E-state index contributed by atoms with van der Waals surface area (Å²) in [7, 11) is 1.75. The van der Waals surface area contributed by atoms with Gasteiger partial charge in [0.05, 0.1) is 5.02 Å². The summed E-state index contributed by atoms with van der Waals surface area (Å²) in [5.74, 6) is 0.703. The van der Waals surface area contributed by atoms with Gasteiger partial charge in [-0.3, -0.25) is 4.79 Å². The van der Waals surface area contributed by atoms with Gasteiger partial charge in [-0.15, -0.1) is 0 Å². The van der Waals surface area contributed by atoms with Crippen LogP contribution in [0, 0.1) is 6.92 Å². The van der Waals surface area contributed by atoms with Crippen molar-refractivity contribution < 1.29 is 4.79 Å². The lowest BCUT2D eigenvalue weighted by Gasteiger charge is -2.08. The van der Waals surface area contributed by atoms with Gasteiger partial charge in [-0.05, 0) is 31.2 Å². The summed E-state index contributed by atoms with van der Waals surface area (Å²) in [4.78, 5) is 20.4. The third kappa shape index (κ3) is 3.20. The first kappa shape index (κ1) is 13.3. The number of nitrogens with zero attached hydrogens (tertiary/aromatic N) is 2. The molecule has 6 heteroatoms. The van der Waals surface area contributed by atoms with Crippen molar-refractivity contribution in [1.82, 2.24) is 9.97 Å². The molecular formula is C13H13ClN4O. The number of hydrogen-bond donors (Lipinski definition) is 2. The minimum atomic E-state index is -0.275. The van der Waals surface area contributed by atoms with Crippen LogP contribution in [0.25, 0.3) is 0 Å². The fourth-order valence-corrected chi connectivity index (χ4v) is 1.75. The first-order valence-corrected chi connectivity index (χ1v) is 6.06. The highest BCUT2D eigenvalue weighted by Gasteiger charge is 2.11. The maximum atomic E-state index is 12.1. The van der Waals surface area contributed by atoms with E-state index in [-0.39, 0.29) is 5.91 Å². The number of amides is 1. The maximum absolute atomic E-state index is 12.1. The Morgan fingerprint density at radius 3 is 2.84 bits per heavy atom. The van der Waals surface area contributed by atoms with Gasteiger partial charge in [0.2, 0.25) is 0 Å². The lowest BCUT2D eigenvalue weighted by Crippen LogP contribution is -2.14. The zero-order valence-corrected chi connectivity index (χ0v) is 11.3. The predicted octanol–water partition coefficient (Wildman–Crippen LogP) is 2.73. The molecule has 0 fully saturated rings. The molecule has 0 atom stereocenters. The van der Waals surface area contributed by atoms with Crippen LogP contribution in [-0.2, 0) is 0 Å². The summed E-state index contributed by atoms with van der Waals surface area (Å²) >= 11 is 5.94. The summed E-state index contributed by atoms with van der Waals surface area (Å²) in [5.41, 5.74) is 1.25. The lowest BCUT2D eigenvalue weighted by molar-refractivity contribution is 0.102. The third-order valence-corrected chi connectivity index (χ3v) is 2.77. The maximum Gasteiger partial charge on any atom is 0.257 e. The van der Waals surface area contributed by atoms with Gasteiger partial charge in [0.15, 0.2) is 5.82 Å². The molecule has 0 aromatic carbocycles. The van der Waals surface area contributed by atoms with Gasteiger partial charge in [-0.25, -0.2) is 9.97 Å². The highest BCUT2D eigenvalue weighted by Crippen LogP contribution is 2.19. The second-order valence-corrected chi connectivity index (χ2v) is 4.33. The number of rotatable bonds is 3. The van der Waals surface area contributed by atoms with Gasteiger partial charge in [0.25, 0.3) is 5.91 Å². The Kier molecular flexibility index (Phi) is 3.97. The summed E-state index contributed by atoms with van der Waals surface area (Å²) in [6.07, 6.45) is 1.57. The van der Waals surface area contributed by atoms with E-state index >= 15 is 0 Å². The topological polar surface area (TPSA) is 66.9 Å². The molecule has 0 saturated carbocycles. The van der Waals surface area contributed by atoms with Crippen LogP contribution >= 0.6 is 11.6 Å². The van der Waals surface area contributed by atoms with Crippen LogP contribution in [0.4, 0.5) is 11.6 Å². The van der Waals surface area contributed by atoms with Crippen molar-refractivity contribution in [3.8, 4) is 0 Å². The van der Waals surface area contributed by atoms with E-state index in [2.05, 4.69) is 20.6 Å². The van der Waals surface area contributed by atoms with E-state index in [9.17, 15) is 4.79 Å². The number of carbonyl (C=O) groups excluding carboxylic acids is 1. The Morgan fingerprint density at radius 2 is 2.16 bits per heavy atom. The van der Waals surface area contributed by atoms with Crippen molar-refractivity contribution in [3.05, 3.63) is 46.7 Å². The number of carbonyl (C=O) groups is 1. The number of nitrogens with one attached hydrogen (secondary N) is 2. The molecule has 5 nitrogen and oxygen atoms in total. The molecule has 0 aliphatic carbocycles. The van der Waals surface area contributed by atoms with E-state index < -0.39 is 0 Å². The average Bonchev–Trinajstić information content (AvgIpc) is 2.40. The SMILES string of the molecule is CNc1cc(C(=O)Nc2ncccc2Cl)cc(C)n1. The van der Waals surface area contributed by atoms with E-state index in [1.807, 2.05) is 6.92 Å². The van der Waals surface area contributed by atoms with E-state index in [1.54, 1.807) is 37.5 Å². The minimum Gasteiger partial charge on any atom is -0.373 e. The molecule has 0 bridgehead atoms. The molecular weight excluding hydrogens is 264 g/mol. The van der Waals surface area contributed by atoms with Gasteiger partial charge in [-0.1, -0.05) is 11.6 Å². The molecule has 0 unspecified atom stereocenters. The standard InChI is InChI=1S/C13H13ClN4O/c1-8-6-9(7-11(15-2)17-8)13(19)18-12-10(14)4-3-5-16-12/h3-7H,1-2H3,(H,15,17)(H,16,18,19). The summed E-state index contributed by atoms with van der Waals surface area (Å²) in [5, 5.41) is 5.97. The molecule has 2 heterocycles. The van der Waals surface area contributed by atoms with E-state index in [0.29, 0.717) is 22.2 Å². The molecule has 0 aliphatic heterocycles. The smallest absolute Gasteiger partial charge is 0.257 e. The molecule has 2 N–H and O–H groups in total. The first-order valence-electron chi connectivity index (χ1n) is 5.68. The van der Waals surface area contributed by atoms with Crippen LogP contribution in [0.5, 0.6) is 0 Å². The molecule has 2 aromatic heterocycles. The molecule has 2 aromatic rings. The van der Waals surface area contributed by atoms with Crippen molar-refractivity contribution in [2.24, 2.45) is 0 Å². The first-order chi connectivity index (χ1) is 9.10. The van der Waals surface area contributed by atoms with Gasteiger partial charge in [-0.2, -0.15) is 0 Å². The molecule has 19 heavy (non-hydrogen) atoms. The Bertz CT molecular complexity index is 615. The van der Waals surface area contributed by atoms with E-state index in [0.717, 1.165) is 5.69 Å². The second kappa shape index (κ2) is 5.67. The van der Waals surface area contributed by atoms with Crippen molar-refractivity contribution in [3.63, 3.8) is 0 Å². The lowest BCUT2D eigenvalue weighted by atomic mass is 10.2. The van der Waals surface area contributed by atoms with Gasteiger partial charge < -0.3 is 10.6 Å². The molecule has 98 valence electrons. The second-order valence-electron chi connectivity index (χ2n) is 3.92. The highest BCUT2D eigenvalue weighted by molar-refractivity contribution is 6.33. The van der Waals surface area contributed by atoms with Crippen LogP contribution in [0.2, 0.25) is 5.02 Å². The van der Waals surface area contributed by atoms with Crippen LogP contribution in [0.1, 0.15) is 16.1 Å². The van der Waals surface area contributed by atoms with Crippen LogP contribution in [-0.4, -0.2) is 22.9 Å². The molecule has 0 aliphatic rings. The molecule has 2 rings (SSSR count). The normalized spacial score (nSPS) is 10.1. The number of anilines is 2. The Hall–Kier alpha value is -2.14. The molecule has 0 saturated heterocycles. The summed E-state index contributed by atoms with van der Waals surface area (Å²) in [6.45, 7) is 1.82. The minimum absolute atomic E-state index is 0.275. The highest BCUT2D eigenvalue weighted by atomic mass is 35.5. The van der Waals surface area contributed by atoms with Gasteiger partial charge >= 0.3 is 0 Å². The van der Waals surface area contributed by atoms with Crippen molar-refractivity contribution in [1.29, 1.82) is 0 Å². The third-order valence-electron chi connectivity index (χ3n) is 2.46. The number of aromatic nitrogens is 2. The number of halogens is 1. The Labute approximate surface area is 116 Å². The average molecular weight is 277 g/mol. The fraction of sp³-hybridized carbons (Fsp3) is 0.154. The Balaban J connectivity index is 2.25. The summed E-state index contributed by atoms with van der Waals surface area (Å²) < 4.78 is 0. The zero-order chi connectivity index (χ0) is 13.8. The van der Waals surface area contributed by atoms with Crippen LogP contribution < -0.4 is 10.6 Å². The largest absolute Gasteiger partial charge is 0.373 e. The number of pyridine rings is 2. The number of hydrogen-bond acceptors (Lipinski definition) is 4. The van der Waals surface area contributed by atoms with E-state index in [4.69, 9.17) is 11.6 Å². The number of aryl methyl sites for hydroxylation is 1. The van der Waals surface area contributed by atoms with Gasteiger partial charge in [0.1, 0.15) is 5.82 Å². The van der Waals surface area contributed by atoms with Crippen molar-refractivity contribution >= 4 is 29.1 Å². The van der Waals surface area contributed by atoms with Crippen LogP contribution in [0.3, 0.4) is 0 Å². The zero-order valence-electron chi connectivity index (χ0n) is 10.6. The van der Waals surface area contributed by atoms with Crippen molar-refractivity contribution in [2.45, 2.75) is 6.92 Å². The van der Waals surface area contributed by atoms with Crippen LogP contribution in [0.15, 0.2) is 30.5 Å². The predicted molar refractivity (Wildman–Crippen MR) is 75.7 cm³/mol. The molecule has 0 spiro atoms. The monoisotopic (exact) mass is 276 g/mol. The summed E-state index contributed by atoms with van der Waals surface area (Å²) in [6, 6.07) is 6.74.